The van der Waals surface area contributed by atoms with Crippen LogP contribution in [0.25, 0.3) is 0 Å². The molecule has 4 aliphatic rings. The van der Waals surface area contributed by atoms with Gasteiger partial charge < -0.3 is 4.74 Å². The molecule has 0 spiro atoms. The molecule has 2 nitrogen and oxygen atoms in total. The first-order valence-electron chi connectivity index (χ1n) is 10.7. The van der Waals surface area contributed by atoms with Gasteiger partial charge in [-0.2, -0.15) is 0 Å². The van der Waals surface area contributed by atoms with E-state index in [0.29, 0.717) is 29.5 Å². The molecule has 0 aliphatic heterocycles. The smallest absolute Gasteiger partial charge is 0.156 e. The lowest BCUT2D eigenvalue weighted by Gasteiger charge is -2.51. The summed E-state index contributed by atoms with van der Waals surface area (Å²) in [6.45, 7) is 2.55. The van der Waals surface area contributed by atoms with Gasteiger partial charge in [-0.1, -0.05) is 31.1 Å². The summed E-state index contributed by atoms with van der Waals surface area (Å²) in [5, 5.41) is 0. The maximum Gasteiger partial charge on any atom is 0.156 e. The monoisotopic (exact) mass is 362 g/mol. The first kappa shape index (κ1) is 17.3. The Labute approximate surface area is 162 Å². The van der Waals surface area contributed by atoms with Crippen molar-refractivity contribution in [1.82, 2.24) is 0 Å². The highest BCUT2D eigenvalue weighted by Crippen LogP contribution is 2.63. The number of carbonyl (C=O) groups excluding carboxylic acids is 1. The molecule has 0 radical (unpaired) electrons. The van der Waals surface area contributed by atoms with E-state index in [1.807, 2.05) is 12.1 Å². The van der Waals surface area contributed by atoms with Crippen LogP contribution in [0, 0.1) is 17.3 Å². The third-order valence-electron chi connectivity index (χ3n) is 8.00. The SMILES string of the molecule is COc1cccc([C@H]2C[C@]3(C)CCC[C@H]3[C@@H]3CCC4=CC(=O)CCC4=C32)c1. The molecule has 0 heterocycles. The average molecular weight is 363 g/mol. The minimum Gasteiger partial charge on any atom is -0.497 e. The van der Waals surface area contributed by atoms with Crippen LogP contribution in [0.5, 0.6) is 5.75 Å². The van der Waals surface area contributed by atoms with Gasteiger partial charge >= 0.3 is 0 Å². The molecular weight excluding hydrogens is 332 g/mol. The normalized spacial score (nSPS) is 35.3. The zero-order valence-electron chi connectivity index (χ0n) is 16.6. The van der Waals surface area contributed by atoms with Crippen LogP contribution >= 0.6 is 0 Å². The van der Waals surface area contributed by atoms with Crippen LogP contribution in [0.1, 0.15) is 69.8 Å². The predicted octanol–water partition coefficient (Wildman–Crippen LogP) is 5.98. The van der Waals surface area contributed by atoms with Crippen LogP contribution in [0.4, 0.5) is 0 Å². The summed E-state index contributed by atoms with van der Waals surface area (Å²) in [5.41, 5.74) is 6.47. The quantitative estimate of drug-likeness (QED) is 0.646. The van der Waals surface area contributed by atoms with Gasteiger partial charge in [0.05, 0.1) is 7.11 Å². The van der Waals surface area contributed by atoms with Crippen molar-refractivity contribution >= 4 is 5.78 Å². The lowest BCUT2D eigenvalue weighted by Crippen LogP contribution is -2.40. The van der Waals surface area contributed by atoms with Crippen LogP contribution in [-0.2, 0) is 4.79 Å². The second-order valence-electron chi connectivity index (χ2n) is 9.40. The van der Waals surface area contributed by atoms with Crippen LogP contribution in [0.3, 0.4) is 0 Å². The van der Waals surface area contributed by atoms with Gasteiger partial charge in [0.25, 0.3) is 0 Å². The first-order chi connectivity index (χ1) is 13.1. The second-order valence-corrected chi connectivity index (χ2v) is 9.40. The van der Waals surface area contributed by atoms with Gasteiger partial charge in [0, 0.05) is 12.3 Å². The molecule has 4 atom stereocenters. The summed E-state index contributed by atoms with van der Waals surface area (Å²) in [6, 6.07) is 8.73. The van der Waals surface area contributed by atoms with E-state index in [1.165, 1.54) is 43.2 Å². The number of rotatable bonds is 2. The number of hydrogen-bond acceptors (Lipinski definition) is 2. The average Bonchev–Trinajstić information content (AvgIpc) is 3.08. The number of benzene rings is 1. The van der Waals surface area contributed by atoms with E-state index in [0.717, 1.165) is 24.5 Å². The summed E-state index contributed by atoms with van der Waals surface area (Å²) >= 11 is 0. The van der Waals surface area contributed by atoms with Gasteiger partial charge in [-0.05, 0) is 90.7 Å². The van der Waals surface area contributed by atoms with E-state index >= 15 is 0 Å². The molecule has 27 heavy (non-hydrogen) atoms. The molecule has 2 fully saturated rings. The Hall–Kier alpha value is -1.83. The van der Waals surface area contributed by atoms with Crippen LogP contribution < -0.4 is 4.74 Å². The number of methoxy groups -OCH3 is 1. The number of ether oxygens (including phenoxy) is 1. The fourth-order valence-corrected chi connectivity index (χ4v) is 6.82. The Morgan fingerprint density at radius 3 is 2.89 bits per heavy atom. The van der Waals surface area contributed by atoms with Crippen LogP contribution in [0.15, 0.2) is 47.1 Å². The summed E-state index contributed by atoms with van der Waals surface area (Å²) < 4.78 is 5.54. The maximum atomic E-state index is 12.0. The maximum absolute atomic E-state index is 12.0. The Morgan fingerprint density at radius 2 is 2.04 bits per heavy atom. The van der Waals surface area contributed by atoms with Crippen molar-refractivity contribution in [1.29, 1.82) is 0 Å². The molecule has 2 heteroatoms. The van der Waals surface area contributed by atoms with Gasteiger partial charge in [-0.3, -0.25) is 4.79 Å². The molecule has 1 aromatic rings. The Kier molecular flexibility index (Phi) is 4.07. The molecule has 5 rings (SSSR count). The fraction of sp³-hybridized carbons (Fsp3) is 0.560. The lowest BCUT2D eigenvalue weighted by molar-refractivity contribution is -0.114. The van der Waals surface area contributed by atoms with Crippen LogP contribution in [-0.4, -0.2) is 12.9 Å². The zero-order chi connectivity index (χ0) is 18.6. The molecule has 1 aromatic carbocycles. The number of ketones is 1. The third kappa shape index (κ3) is 2.71. The molecule has 0 saturated heterocycles. The van der Waals surface area contributed by atoms with E-state index < -0.39 is 0 Å². The zero-order valence-corrected chi connectivity index (χ0v) is 16.6. The van der Waals surface area contributed by atoms with Crippen molar-refractivity contribution in [2.75, 3.05) is 7.11 Å². The highest BCUT2D eigenvalue weighted by molar-refractivity contribution is 5.93. The summed E-state index contributed by atoms with van der Waals surface area (Å²) in [6.07, 6.45) is 11.4. The minimum absolute atomic E-state index is 0.326. The standard InChI is InChI=1S/C25H30O2/c1-25-12-4-7-23(25)21-10-8-17-13-18(26)9-11-20(17)24(21)22(15-25)16-5-3-6-19(14-16)27-2/h3,5-6,13-14,21-23H,4,7-12,15H2,1-2H3/t21-,22+,23-,25-/m0/s1. The first-order valence-corrected chi connectivity index (χ1v) is 10.7. The van der Waals surface area contributed by atoms with Crippen molar-refractivity contribution < 1.29 is 9.53 Å². The number of fused-ring (bicyclic) bond motifs is 4. The van der Waals surface area contributed by atoms with E-state index in [2.05, 4.69) is 25.1 Å². The van der Waals surface area contributed by atoms with Gasteiger partial charge in [0.15, 0.2) is 5.78 Å². The summed E-state index contributed by atoms with van der Waals surface area (Å²) in [5.74, 6) is 3.31. The van der Waals surface area contributed by atoms with E-state index in [9.17, 15) is 4.79 Å². The van der Waals surface area contributed by atoms with Gasteiger partial charge in [0.1, 0.15) is 5.75 Å². The second kappa shape index (κ2) is 6.36. The number of carbonyl (C=O) groups is 1. The van der Waals surface area contributed by atoms with Crippen molar-refractivity contribution in [2.24, 2.45) is 17.3 Å². The molecule has 0 N–H and O–H groups in total. The van der Waals surface area contributed by atoms with Crippen molar-refractivity contribution in [3.63, 3.8) is 0 Å². The van der Waals surface area contributed by atoms with Crippen molar-refractivity contribution in [2.45, 2.75) is 64.2 Å². The number of hydrogen-bond donors (Lipinski definition) is 0. The molecule has 0 unspecified atom stereocenters. The number of allylic oxidation sites excluding steroid dienone is 4. The molecule has 4 aliphatic carbocycles. The molecular formula is C25H30O2. The topological polar surface area (TPSA) is 26.3 Å². The van der Waals surface area contributed by atoms with Gasteiger partial charge in [0.2, 0.25) is 0 Å². The Balaban J connectivity index is 1.67. The van der Waals surface area contributed by atoms with Crippen molar-refractivity contribution in [3.8, 4) is 5.75 Å². The lowest BCUT2D eigenvalue weighted by atomic mass is 9.53. The van der Waals surface area contributed by atoms with E-state index in [-0.39, 0.29) is 0 Å². The predicted molar refractivity (Wildman–Crippen MR) is 108 cm³/mol. The van der Waals surface area contributed by atoms with E-state index in [4.69, 9.17) is 4.74 Å². The highest BCUT2D eigenvalue weighted by Gasteiger charge is 2.52. The van der Waals surface area contributed by atoms with Gasteiger partial charge in [-0.15, -0.1) is 0 Å². The molecule has 0 aromatic heterocycles. The minimum atomic E-state index is 0.326. The Bertz CT molecular complexity index is 846. The molecule has 0 bridgehead atoms. The molecule has 2 saturated carbocycles. The molecule has 0 amide bonds. The molecule has 142 valence electrons. The largest absolute Gasteiger partial charge is 0.497 e. The third-order valence-corrected chi connectivity index (χ3v) is 8.00. The highest BCUT2D eigenvalue weighted by atomic mass is 16.5. The van der Waals surface area contributed by atoms with E-state index in [1.54, 1.807) is 18.3 Å². The van der Waals surface area contributed by atoms with Crippen LogP contribution in [0.2, 0.25) is 0 Å². The fourth-order valence-electron chi connectivity index (χ4n) is 6.82. The van der Waals surface area contributed by atoms with Gasteiger partial charge in [-0.25, -0.2) is 0 Å². The summed E-state index contributed by atoms with van der Waals surface area (Å²) in [4.78, 5) is 12.0. The van der Waals surface area contributed by atoms with Crippen molar-refractivity contribution in [3.05, 3.63) is 52.6 Å². The summed E-state index contributed by atoms with van der Waals surface area (Å²) in [7, 11) is 1.76. The Morgan fingerprint density at radius 1 is 1.15 bits per heavy atom.